The largest absolute Gasteiger partial charge is 0.499 e. The predicted molar refractivity (Wildman–Crippen MR) is 509 cm³/mol. The van der Waals surface area contributed by atoms with Crippen LogP contribution in [-0.4, -0.2) is 154 Å². The molecular weight excluding hydrogens is 1870 g/mol. The molecule has 3 aliphatic heterocycles. The Balaban J connectivity index is 0.000000164. The SMILES string of the molecule is C=C(C)OCC.CC(=O)c1c[nH]c2ncnc(N3CC[C@H]3c3nn4ccc(Cl)c4c(=O)n3-c3ccc(F)cc3)c12.CC(=O)c1cn(COCC[Si](C)(C)C)c2ncnc(N3CC[C@H]3c3nn4ccc(Cl)c4c(=O)n3-c3ccc(F)cc3)c12.C[Si](C)(C)CCOCn1cc(I)c2c(N3CC[C@H]3c3nn4ccc(Cl)c4c(=O)n3-c3ccc(F)cc3)ncnc21.S.S.S. The summed E-state index contributed by atoms with van der Waals surface area (Å²) in [6, 6.07) is 23.2. The molecule has 3 saturated heterocycles. The standard InChI is InChI=1S/C29H31ClFN7O3Si.C27H28ClFIN7O2Si.C23H17ClFN7O2.C5H10O.3H2S/c1-18(39)21-15-35(17-41-13-14-42(2,3)4)27-24(21)28(33-16-32-27)36-11-10-23(36)26-34-37-12-9-22(30)25(37)29(40)38(26)20-7-5-19(31)6-8-20;1-40(2,3)13-12-39-16-34-14-20(30)22-25(34)31-15-32-26(22)35-10-9-21(35)24-33-36-11-8-19(28)23(36)27(38)37(24)18-6-4-17(29)5-7-18;1-12(33)15-10-26-20-18(15)22(28-11-27-20)30-8-7-17(30)21-29-31-9-6-16(24)19(31)23(34)32(21)14-4-2-13(25)3-5-14;1-4-6-5(2)3;;;/h5-9,12,15-16,23H,10-11,13-14,17H2,1-4H3;4-8,11,14-15,21H,9-10,12-13,16H2,1-3H3;2-6,9-11,17H,7-8H2,1H3,(H,26,27,28);2,4H2,1,3H3;3*1H2/t23-;21-;17-;;;;/m000..../s1. The Morgan fingerprint density at radius 3 is 1.19 bits per heavy atom. The van der Waals surface area contributed by atoms with Crippen molar-refractivity contribution in [2.75, 3.05) is 54.2 Å². The fourth-order valence-electron chi connectivity index (χ4n) is 14.9. The van der Waals surface area contributed by atoms with Crippen LogP contribution in [0.3, 0.4) is 0 Å². The number of ketones is 2. The molecular formula is C84H92Cl3F3IN21O8S3Si2. The van der Waals surface area contributed by atoms with Crippen LogP contribution in [0.25, 0.3) is 66.7 Å². The van der Waals surface area contributed by atoms with Gasteiger partial charge in [0, 0.05) is 101 Å². The average molecular weight is 1970 g/mol. The van der Waals surface area contributed by atoms with E-state index < -0.39 is 27.8 Å². The van der Waals surface area contributed by atoms with Crippen molar-refractivity contribution in [3.05, 3.63) is 255 Å². The van der Waals surface area contributed by atoms with Gasteiger partial charge in [0.2, 0.25) is 0 Å². The molecule has 656 valence electrons. The maximum absolute atomic E-state index is 13.8. The van der Waals surface area contributed by atoms with E-state index in [1.165, 1.54) is 114 Å². The van der Waals surface area contributed by atoms with Crippen LogP contribution in [0.2, 0.25) is 66.4 Å². The van der Waals surface area contributed by atoms with Crippen molar-refractivity contribution in [1.82, 2.24) is 86.6 Å². The number of carbonyl (C=O) groups is 2. The molecule has 0 aliphatic carbocycles. The zero-order valence-corrected chi connectivity index (χ0v) is 79.3. The summed E-state index contributed by atoms with van der Waals surface area (Å²) >= 11 is 21.3. The Hall–Kier alpha value is -10.1. The van der Waals surface area contributed by atoms with Crippen molar-refractivity contribution in [3.8, 4) is 17.1 Å². The highest BCUT2D eigenvalue weighted by Gasteiger charge is 2.41. The number of nitrogens with zero attached hydrogens (tertiary/aromatic N) is 20. The minimum atomic E-state index is -1.25. The van der Waals surface area contributed by atoms with E-state index in [4.69, 9.17) is 64.3 Å². The highest BCUT2D eigenvalue weighted by Crippen LogP contribution is 2.45. The predicted octanol–water partition coefficient (Wildman–Crippen LogP) is 17.0. The topological polar surface area (TPSA) is 292 Å². The quantitative estimate of drug-likeness (QED) is 0.0205. The van der Waals surface area contributed by atoms with Gasteiger partial charge in [-0.15, -0.1) is 0 Å². The van der Waals surface area contributed by atoms with Crippen molar-refractivity contribution < 1.29 is 37.0 Å². The Labute approximate surface area is 766 Å². The summed E-state index contributed by atoms with van der Waals surface area (Å²) in [7, 11) is -2.44. The number of nitrogens with one attached hydrogen (secondary N) is 1. The van der Waals surface area contributed by atoms with Crippen LogP contribution in [0.15, 0.2) is 174 Å². The van der Waals surface area contributed by atoms with Gasteiger partial charge in [-0.05, 0) is 173 Å². The maximum Gasteiger partial charge on any atom is 0.284 e. The monoisotopic (exact) mass is 1960 g/mol. The smallest absolute Gasteiger partial charge is 0.284 e. The number of carbonyl (C=O) groups excluding carboxylic acids is 2. The van der Waals surface area contributed by atoms with Crippen molar-refractivity contribution in [1.29, 1.82) is 0 Å². The molecule has 125 heavy (non-hydrogen) atoms. The minimum Gasteiger partial charge on any atom is -0.499 e. The van der Waals surface area contributed by atoms with E-state index in [1.807, 2.05) is 39.0 Å². The summed E-state index contributed by atoms with van der Waals surface area (Å²) in [6.07, 6.45) is 17.0. The minimum absolute atomic E-state index is 0. The lowest BCUT2D eigenvalue weighted by Gasteiger charge is -2.42. The second-order valence-corrected chi connectivity index (χ2v) is 45.7. The molecule has 1 N–H and O–H groups in total. The third kappa shape index (κ3) is 19.3. The normalized spacial score (nSPS) is 14.9. The Bertz CT molecular complexity index is 6740. The molecule has 3 aliphatic rings. The molecule has 41 heteroatoms. The van der Waals surface area contributed by atoms with E-state index in [2.05, 4.69) is 108 Å². The number of halogens is 7. The zero-order chi connectivity index (χ0) is 86.5. The molecule has 0 bridgehead atoms. The number of anilines is 3. The first kappa shape index (κ1) is 94.0. The van der Waals surface area contributed by atoms with Gasteiger partial charge >= 0.3 is 0 Å². The molecule has 0 spiro atoms. The lowest BCUT2D eigenvalue weighted by molar-refractivity contribution is 0.0894. The molecule has 3 atom stereocenters. The molecule has 12 aromatic heterocycles. The second-order valence-electron chi connectivity index (χ2n) is 32.1. The third-order valence-corrected chi connectivity index (χ3v) is 26.4. The summed E-state index contributed by atoms with van der Waals surface area (Å²) in [6.45, 7) is 29.0. The van der Waals surface area contributed by atoms with Crippen LogP contribution >= 0.6 is 97.9 Å². The van der Waals surface area contributed by atoms with Gasteiger partial charge in [0.1, 0.15) is 101 Å². The van der Waals surface area contributed by atoms with Gasteiger partial charge in [-0.1, -0.05) is 80.7 Å². The maximum atomic E-state index is 13.8. The van der Waals surface area contributed by atoms with Gasteiger partial charge < -0.3 is 43.0 Å². The summed E-state index contributed by atoms with van der Waals surface area (Å²) in [5.74, 6) is 2.72. The van der Waals surface area contributed by atoms with Gasteiger partial charge in [-0.25, -0.2) is 56.6 Å². The first-order valence-corrected chi connectivity index (χ1v) is 49.1. The number of allylic oxidation sites excluding steroid dienone is 1. The molecule has 18 rings (SSSR count). The first-order valence-electron chi connectivity index (χ1n) is 39.4. The third-order valence-electron chi connectivity index (χ3n) is 21.3. The molecule has 29 nitrogen and oxygen atoms in total. The van der Waals surface area contributed by atoms with Gasteiger partial charge in [-0.2, -0.15) is 55.8 Å². The fraction of sp³-hybridized carbons (Fsp3) is 0.310. The van der Waals surface area contributed by atoms with Crippen molar-refractivity contribution in [2.24, 2.45) is 0 Å². The summed E-state index contributed by atoms with van der Waals surface area (Å²) in [5, 5.41) is 17.4. The number of aromatic nitrogens is 18. The molecule has 0 unspecified atom stereocenters. The second kappa shape index (κ2) is 39.0. The Kier molecular flexibility index (Phi) is 29.3. The zero-order valence-electron chi connectivity index (χ0n) is 69.8. The molecule has 3 aromatic carbocycles. The molecule has 3 fully saturated rings. The summed E-state index contributed by atoms with van der Waals surface area (Å²) < 4.78 is 71.8. The number of benzene rings is 3. The summed E-state index contributed by atoms with van der Waals surface area (Å²) in [5.41, 5.74) is 4.07. The number of rotatable bonds is 23. The number of Topliss-reactive ketones (excluding diaryl/α,β-unsaturated/α-hetero) is 2. The van der Waals surface area contributed by atoms with E-state index >= 15 is 0 Å². The molecule has 15 heterocycles. The van der Waals surface area contributed by atoms with Gasteiger partial charge in [-0.3, -0.25) is 37.7 Å². The van der Waals surface area contributed by atoms with E-state index in [0.29, 0.717) is 124 Å². The van der Waals surface area contributed by atoms with Crippen molar-refractivity contribution in [3.63, 3.8) is 0 Å². The Morgan fingerprint density at radius 1 is 0.504 bits per heavy atom. The Morgan fingerprint density at radius 2 is 0.856 bits per heavy atom. The number of hydrogen-bond acceptors (Lipinski definition) is 20. The highest BCUT2D eigenvalue weighted by atomic mass is 127. The van der Waals surface area contributed by atoms with Crippen molar-refractivity contribution in [2.45, 2.75) is 130 Å². The highest BCUT2D eigenvalue weighted by molar-refractivity contribution is 14.1. The van der Waals surface area contributed by atoms with Crippen LogP contribution in [-0.2, 0) is 27.7 Å². The number of ether oxygens (including phenoxy) is 3. The van der Waals surface area contributed by atoms with E-state index in [0.717, 1.165) is 64.4 Å². The van der Waals surface area contributed by atoms with Crippen LogP contribution in [0.4, 0.5) is 30.6 Å². The lowest BCUT2D eigenvalue weighted by Crippen LogP contribution is -2.45. The van der Waals surface area contributed by atoms with Crippen LogP contribution < -0.4 is 31.4 Å². The van der Waals surface area contributed by atoms with Crippen LogP contribution in [0, 0.1) is 21.0 Å². The van der Waals surface area contributed by atoms with E-state index in [9.17, 15) is 37.1 Å². The van der Waals surface area contributed by atoms with Crippen LogP contribution in [0.5, 0.6) is 0 Å². The molecule has 0 radical (unpaired) electrons. The van der Waals surface area contributed by atoms with Gasteiger partial charge in [0.05, 0.1) is 78.8 Å². The number of aromatic amines is 1. The van der Waals surface area contributed by atoms with Crippen LogP contribution in [0.1, 0.15) is 103 Å². The average Bonchev–Trinajstić information content (AvgIpc) is 1.69. The van der Waals surface area contributed by atoms with Crippen molar-refractivity contribution >= 4 is 193 Å². The van der Waals surface area contributed by atoms with Gasteiger partial charge in [0.15, 0.2) is 29.0 Å². The lowest BCUT2D eigenvalue weighted by atomic mass is 10.0. The molecule has 15 aromatic rings. The molecule has 0 amide bonds. The summed E-state index contributed by atoms with van der Waals surface area (Å²) in [4.78, 5) is 102. The fourth-order valence-corrected chi connectivity index (χ4v) is 17.9. The number of fused-ring (bicyclic) bond motifs is 6. The first-order chi connectivity index (χ1) is 58.4. The molecule has 0 saturated carbocycles. The number of H-pyrrole nitrogens is 1. The van der Waals surface area contributed by atoms with E-state index in [-0.39, 0.29) is 126 Å². The van der Waals surface area contributed by atoms with Gasteiger partial charge in [0.25, 0.3) is 16.7 Å². The van der Waals surface area contributed by atoms with E-state index in [1.54, 1.807) is 67.6 Å². The number of hydrogen-bond donors (Lipinski definition) is 1.